The zero-order valence-electron chi connectivity index (χ0n) is 14.6. The zero-order valence-corrected chi connectivity index (χ0v) is 15.4. The number of carbonyl (C=O) groups excluding carboxylic acids is 1. The van der Waals surface area contributed by atoms with Gasteiger partial charge in [-0.2, -0.15) is 4.31 Å². The Morgan fingerprint density at radius 1 is 1.27 bits per heavy atom. The fourth-order valence-corrected chi connectivity index (χ4v) is 4.56. The maximum Gasteiger partial charge on any atom is 0.303 e. The van der Waals surface area contributed by atoms with Crippen molar-refractivity contribution in [1.82, 2.24) is 9.21 Å². The van der Waals surface area contributed by atoms with Crippen LogP contribution in [-0.4, -0.2) is 61.3 Å². The number of carboxylic acid groups (broad SMARTS) is 1. The molecule has 7 nitrogen and oxygen atoms in total. The van der Waals surface area contributed by atoms with Crippen molar-refractivity contribution in [2.24, 2.45) is 5.92 Å². The number of hydrogen-bond acceptors (Lipinski definition) is 4. The summed E-state index contributed by atoms with van der Waals surface area (Å²) in [6, 6.07) is 5.24. The third-order valence-corrected chi connectivity index (χ3v) is 6.45. The minimum absolute atomic E-state index is 0.00303. The molecule has 0 atom stereocenters. The van der Waals surface area contributed by atoms with Crippen molar-refractivity contribution in [3.05, 3.63) is 30.1 Å². The third-order valence-electron chi connectivity index (χ3n) is 4.52. The summed E-state index contributed by atoms with van der Waals surface area (Å²) in [6.07, 6.45) is 1.08. The average Bonchev–Trinajstić information content (AvgIpc) is 2.61. The maximum absolute atomic E-state index is 13.8. The Balaban J connectivity index is 1.93. The first-order valence-electron chi connectivity index (χ1n) is 8.45. The largest absolute Gasteiger partial charge is 0.481 e. The summed E-state index contributed by atoms with van der Waals surface area (Å²) in [5, 5.41) is 8.64. The lowest BCUT2D eigenvalue weighted by Crippen LogP contribution is -2.43. The van der Waals surface area contributed by atoms with Crippen LogP contribution in [0.15, 0.2) is 29.2 Å². The van der Waals surface area contributed by atoms with Gasteiger partial charge in [-0.15, -0.1) is 0 Å². The summed E-state index contributed by atoms with van der Waals surface area (Å²) in [5.41, 5.74) is 0. The first-order chi connectivity index (χ1) is 12.2. The standard InChI is InChI=1S/C17H23FN2O5S/c1-19(10-4-7-16(21)22)17(23)13-8-11-20(12-9-13)26(24,25)15-6-3-2-5-14(15)18/h2-3,5-6,13H,4,7-12H2,1H3,(H,21,22). The second kappa shape index (κ2) is 8.59. The molecule has 0 spiro atoms. The SMILES string of the molecule is CN(CCCC(=O)O)C(=O)C1CCN(S(=O)(=O)c2ccccc2F)CC1. The molecule has 0 aromatic heterocycles. The fourth-order valence-electron chi connectivity index (χ4n) is 3.03. The second-order valence-corrected chi connectivity index (χ2v) is 8.27. The fraction of sp³-hybridized carbons (Fsp3) is 0.529. The van der Waals surface area contributed by atoms with Gasteiger partial charge in [0.15, 0.2) is 0 Å². The zero-order chi connectivity index (χ0) is 19.3. The lowest BCUT2D eigenvalue weighted by atomic mass is 9.96. The Labute approximate surface area is 152 Å². The number of amides is 1. The molecule has 2 rings (SSSR count). The predicted octanol–water partition coefficient (Wildman–Crippen LogP) is 1.55. The number of carbonyl (C=O) groups is 2. The number of piperidine rings is 1. The van der Waals surface area contributed by atoms with Gasteiger partial charge in [0.05, 0.1) is 0 Å². The molecule has 0 bridgehead atoms. The van der Waals surface area contributed by atoms with Crippen molar-refractivity contribution in [3.8, 4) is 0 Å². The van der Waals surface area contributed by atoms with Gasteiger partial charge in [0.25, 0.3) is 0 Å². The Morgan fingerprint density at radius 2 is 1.88 bits per heavy atom. The number of rotatable bonds is 7. The van der Waals surface area contributed by atoms with Gasteiger partial charge < -0.3 is 10.0 Å². The lowest BCUT2D eigenvalue weighted by molar-refractivity contribution is -0.139. The Morgan fingerprint density at radius 3 is 2.46 bits per heavy atom. The molecule has 1 aliphatic heterocycles. The number of nitrogens with zero attached hydrogens (tertiary/aromatic N) is 2. The Kier molecular flexibility index (Phi) is 6.71. The van der Waals surface area contributed by atoms with E-state index >= 15 is 0 Å². The summed E-state index contributed by atoms with van der Waals surface area (Å²) in [6.45, 7) is 0.644. The molecule has 1 saturated heterocycles. The van der Waals surface area contributed by atoms with Crippen molar-refractivity contribution >= 4 is 21.9 Å². The Bertz CT molecular complexity index is 760. The smallest absolute Gasteiger partial charge is 0.303 e. The van der Waals surface area contributed by atoms with E-state index in [1.807, 2.05) is 0 Å². The van der Waals surface area contributed by atoms with Gasteiger partial charge in [-0.1, -0.05) is 12.1 Å². The number of carboxylic acids is 1. The van der Waals surface area contributed by atoms with Gasteiger partial charge in [-0.25, -0.2) is 12.8 Å². The van der Waals surface area contributed by atoms with Crippen LogP contribution in [-0.2, 0) is 19.6 Å². The predicted molar refractivity (Wildman–Crippen MR) is 92.4 cm³/mol. The van der Waals surface area contributed by atoms with E-state index in [0.717, 1.165) is 6.07 Å². The molecule has 9 heteroatoms. The van der Waals surface area contributed by atoms with E-state index in [-0.39, 0.29) is 36.2 Å². The lowest BCUT2D eigenvalue weighted by Gasteiger charge is -2.32. The van der Waals surface area contributed by atoms with E-state index in [4.69, 9.17) is 5.11 Å². The average molecular weight is 386 g/mol. The highest BCUT2D eigenvalue weighted by molar-refractivity contribution is 7.89. The van der Waals surface area contributed by atoms with Crippen LogP contribution in [0.5, 0.6) is 0 Å². The molecule has 0 unspecified atom stereocenters. The molecule has 1 N–H and O–H groups in total. The monoisotopic (exact) mass is 386 g/mol. The molecule has 1 aromatic rings. The number of hydrogen-bond donors (Lipinski definition) is 1. The summed E-state index contributed by atoms with van der Waals surface area (Å²) in [7, 11) is -2.30. The van der Waals surface area contributed by atoms with Crippen LogP contribution in [0.2, 0.25) is 0 Å². The number of halogens is 1. The van der Waals surface area contributed by atoms with Crippen molar-refractivity contribution in [1.29, 1.82) is 0 Å². The van der Waals surface area contributed by atoms with Crippen LogP contribution in [0.1, 0.15) is 25.7 Å². The molecule has 0 saturated carbocycles. The number of aliphatic carboxylic acids is 1. The highest BCUT2D eigenvalue weighted by atomic mass is 32.2. The van der Waals surface area contributed by atoms with Crippen LogP contribution >= 0.6 is 0 Å². The molecule has 144 valence electrons. The molecule has 1 aromatic carbocycles. The highest BCUT2D eigenvalue weighted by Crippen LogP contribution is 2.26. The van der Waals surface area contributed by atoms with Crippen molar-refractivity contribution in [2.45, 2.75) is 30.6 Å². The maximum atomic E-state index is 13.8. The van der Waals surface area contributed by atoms with Gasteiger partial charge in [-0.05, 0) is 31.4 Å². The van der Waals surface area contributed by atoms with Crippen LogP contribution in [0.25, 0.3) is 0 Å². The molecule has 1 heterocycles. The normalized spacial score (nSPS) is 16.4. The van der Waals surface area contributed by atoms with E-state index in [1.165, 1.54) is 27.4 Å². The molecular weight excluding hydrogens is 363 g/mol. The van der Waals surface area contributed by atoms with Crippen molar-refractivity contribution in [2.75, 3.05) is 26.7 Å². The van der Waals surface area contributed by atoms with Crippen LogP contribution < -0.4 is 0 Å². The molecule has 0 radical (unpaired) electrons. The van der Waals surface area contributed by atoms with Crippen molar-refractivity contribution < 1.29 is 27.5 Å². The quantitative estimate of drug-likeness (QED) is 0.767. The Hall–Kier alpha value is -2.00. The molecule has 1 amide bonds. The molecule has 1 fully saturated rings. The molecule has 0 aliphatic carbocycles. The van der Waals surface area contributed by atoms with Gasteiger partial charge in [-0.3, -0.25) is 9.59 Å². The summed E-state index contributed by atoms with van der Waals surface area (Å²) >= 11 is 0. The third kappa shape index (κ3) is 4.79. The molecule has 1 aliphatic rings. The van der Waals surface area contributed by atoms with E-state index in [0.29, 0.717) is 25.8 Å². The van der Waals surface area contributed by atoms with Crippen LogP contribution in [0.4, 0.5) is 4.39 Å². The molecular formula is C17H23FN2O5S. The number of sulfonamides is 1. The van der Waals surface area contributed by atoms with Crippen LogP contribution in [0, 0.1) is 11.7 Å². The summed E-state index contributed by atoms with van der Waals surface area (Å²) < 4.78 is 40.1. The first kappa shape index (κ1) is 20.3. The van der Waals surface area contributed by atoms with Crippen LogP contribution in [0.3, 0.4) is 0 Å². The second-order valence-electron chi connectivity index (χ2n) is 6.37. The number of benzene rings is 1. The van der Waals surface area contributed by atoms with Gasteiger partial charge in [0.2, 0.25) is 15.9 Å². The van der Waals surface area contributed by atoms with Gasteiger partial charge >= 0.3 is 5.97 Å². The minimum atomic E-state index is -3.92. The topological polar surface area (TPSA) is 95.0 Å². The minimum Gasteiger partial charge on any atom is -0.481 e. The summed E-state index contributed by atoms with van der Waals surface area (Å²) in [4.78, 5) is 24.1. The first-order valence-corrected chi connectivity index (χ1v) is 9.89. The van der Waals surface area contributed by atoms with E-state index in [1.54, 1.807) is 7.05 Å². The van der Waals surface area contributed by atoms with E-state index in [2.05, 4.69) is 0 Å². The highest BCUT2D eigenvalue weighted by Gasteiger charge is 2.34. The van der Waals surface area contributed by atoms with E-state index in [9.17, 15) is 22.4 Å². The van der Waals surface area contributed by atoms with Gasteiger partial charge in [0.1, 0.15) is 10.7 Å². The van der Waals surface area contributed by atoms with Gasteiger partial charge in [0, 0.05) is 39.0 Å². The summed E-state index contributed by atoms with van der Waals surface area (Å²) in [5.74, 6) is -2.11. The van der Waals surface area contributed by atoms with E-state index < -0.39 is 21.8 Å². The molecule has 26 heavy (non-hydrogen) atoms. The van der Waals surface area contributed by atoms with Crippen molar-refractivity contribution in [3.63, 3.8) is 0 Å².